The van der Waals surface area contributed by atoms with Crippen molar-refractivity contribution in [2.75, 3.05) is 22.9 Å². The lowest BCUT2D eigenvalue weighted by Crippen LogP contribution is -2.25. The van der Waals surface area contributed by atoms with Gasteiger partial charge in [0.05, 0.1) is 18.8 Å². The first-order valence-electron chi connectivity index (χ1n) is 9.98. The normalized spacial score (nSPS) is 13.7. The van der Waals surface area contributed by atoms with Gasteiger partial charge in [-0.2, -0.15) is 0 Å². The standard InChI is InChI=1S/C23H25FN4O/c24-20-7-9-22(10-8-20)28(15-18-5-1-2-6-19(18)17-29)16-21-11-12-25-23(26-21)27-13-3-4-14-27/h1-2,5-12,29H,3-4,13-17H2. The molecule has 0 saturated carbocycles. The number of nitrogens with zero attached hydrogens (tertiary/aromatic N) is 4. The quantitative estimate of drug-likeness (QED) is 0.661. The average Bonchev–Trinajstić information content (AvgIpc) is 3.29. The summed E-state index contributed by atoms with van der Waals surface area (Å²) in [6, 6.07) is 16.2. The summed E-state index contributed by atoms with van der Waals surface area (Å²) in [5.41, 5.74) is 3.74. The lowest BCUT2D eigenvalue weighted by molar-refractivity contribution is 0.280. The van der Waals surface area contributed by atoms with E-state index in [2.05, 4.69) is 14.8 Å². The molecule has 0 atom stereocenters. The smallest absolute Gasteiger partial charge is 0.225 e. The number of rotatable bonds is 7. The second-order valence-corrected chi connectivity index (χ2v) is 7.30. The van der Waals surface area contributed by atoms with Gasteiger partial charge in [0.25, 0.3) is 0 Å². The molecule has 1 fully saturated rings. The van der Waals surface area contributed by atoms with Gasteiger partial charge in [-0.05, 0) is 54.3 Å². The summed E-state index contributed by atoms with van der Waals surface area (Å²) in [6.07, 6.45) is 4.15. The highest BCUT2D eigenvalue weighted by atomic mass is 19.1. The molecule has 150 valence electrons. The third kappa shape index (κ3) is 4.71. The zero-order valence-electron chi connectivity index (χ0n) is 16.3. The summed E-state index contributed by atoms with van der Waals surface area (Å²) in [7, 11) is 0. The first kappa shape index (κ1) is 19.3. The van der Waals surface area contributed by atoms with Crippen LogP contribution >= 0.6 is 0 Å². The minimum Gasteiger partial charge on any atom is -0.392 e. The second-order valence-electron chi connectivity index (χ2n) is 7.30. The number of benzene rings is 2. The largest absolute Gasteiger partial charge is 0.392 e. The van der Waals surface area contributed by atoms with E-state index in [0.717, 1.165) is 41.5 Å². The van der Waals surface area contributed by atoms with E-state index in [4.69, 9.17) is 4.98 Å². The fraction of sp³-hybridized carbons (Fsp3) is 0.304. The summed E-state index contributed by atoms with van der Waals surface area (Å²) in [5.74, 6) is 0.512. The minimum atomic E-state index is -0.261. The highest BCUT2D eigenvalue weighted by Crippen LogP contribution is 2.23. The van der Waals surface area contributed by atoms with Crippen molar-refractivity contribution in [3.63, 3.8) is 0 Å². The van der Waals surface area contributed by atoms with Crippen molar-refractivity contribution in [1.29, 1.82) is 0 Å². The maximum atomic E-state index is 13.5. The highest BCUT2D eigenvalue weighted by molar-refractivity contribution is 5.48. The van der Waals surface area contributed by atoms with E-state index in [-0.39, 0.29) is 12.4 Å². The maximum absolute atomic E-state index is 13.5. The molecule has 0 unspecified atom stereocenters. The Hall–Kier alpha value is -2.99. The Balaban J connectivity index is 1.62. The van der Waals surface area contributed by atoms with E-state index in [1.54, 1.807) is 18.3 Å². The molecule has 4 rings (SSSR count). The molecule has 1 saturated heterocycles. The molecule has 2 aromatic carbocycles. The van der Waals surface area contributed by atoms with Gasteiger partial charge in [0.1, 0.15) is 5.82 Å². The monoisotopic (exact) mass is 392 g/mol. The number of aliphatic hydroxyl groups is 1. The molecule has 1 aliphatic rings. The molecule has 29 heavy (non-hydrogen) atoms. The van der Waals surface area contributed by atoms with Crippen LogP contribution in [0.1, 0.15) is 29.7 Å². The molecule has 0 radical (unpaired) electrons. The fourth-order valence-corrected chi connectivity index (χ4v) is 3.70. The summed E-state index contributed by atoms with van der Waals surface area (Å²) in [5, 5.41) is 9.69. The molecule has 1 aliphatic heterocycles. The third-order valence-corrected chi connectivity index (χ3v) is 5.28. The maximum Gasteiger partial charge on any atom is 0.225 e. The van der Waals surface area contributed by atoms with Crippen LogP contribution in [0.3, 0.4) is 0 Å². The number of aliphatic hydroxyl groups excluding tert-OH is 1. The SMILES string of the molecule is OCc1ccccc1CN(Cc1ccnc(N2CCCC2)n1)c1ccc(F)cc1. The third-order valence-electron chi connectivity index (χ3n) is 5.28. The molecule has 3 aromatic rings. The van der Waals surface area contributed by atoms with Crippen LogP contribution in [0.5, 0.6) is 0 Å². The second kappa shape index (κ2) is 9.01. The van der Waals surface area contributed by atoms with E-state index in [1.807, 2.05) is 30.3 Å². The van der Waals surface area contributed by atoms with Crippen molar-refractivity contribution < 1.29 is 9.50 Å². The van der Waals surface area contributed by atoms with Crippen molar-refractivity contribution in [3.05, 3.63) is 83.4 Å². The Kier molecular flexibility index (Phi) is 6.00. The van der Waals surface area contributed by atoms with Gasteiger partial charge in [-0.1, -0.05) is 24.3 Å². The summed E-state index contributed by atoms with van der Waals surface area (Å²) in [4.78, 5) is 13.6. The van der Waals surface area contributed by atoms with E-state index in [1.165, 1.54) is 25.0 Å². The number of anilines is 2. The van der Waals surface area contributed by atoms with Gasteiger partial charge in [0.15, 0.2) is 0 Å². The summed E-state index contributed by atoms with van der Waals surface area (Å²) in [6.45, 7) is 3.13. The van der Waals surface area contributed by atoms with Gasteiger partial charge in [0, 0.05) is 31.5 Å². The topological polar surface area (TPSA) is 52.5 Å². The Morgan fingerprint density at radius 1 is 0.931 bits per heavy atom. The first-order chi connectivity index (χ1) is 14.2. The van der Waals surface area contributed by atoms with Crippen molar-refractivity contribution in [2.24, 2.45) is 0 Å². The lowest BCUT2D eigenvalue weighted by Gasteiger charge is -2.26. The number of aromatic nitrogens is 2. The van der Waals surface area contributed by atoms with E-state index < -0.39 is 0 Å². The van der Waals surface area contributed by atoms with Crippen LogP contribution in [0.15, 0.2) is 60.8 Å². The van der Waals surface area contributed by atoms with Gasteiger partial charge in [0.2, 0.25) is 5.95 Å². The van der Waals surface area contributed by atoms with Crippen molar-refractivity contribution in [2.45, 2.75) is 32.5 Å². The highest BCUT2D eigenvalue weighted by Gasteiger charge is 2.17. The van der Waals surface area contributed by atoms with Crippen LogP contribution in [-0.4, -0.2) is 28.2 Å². The molecular weight excluding hydrogens is 367 g/mol. The Morgan fingerprint density at radius 2 is 1.66 bits per heavy atom. The predicted molar refractivity (Wildman–Crippen MR) is 112 cm³/mol. The van der Waals surface area contributed by atoms with Crippen LogP contribution in [0, 0.1) is 5.82 Å². The molecule has 0 bridgehead atoms. The van der Waals surface area contributed by atoms with Crippen molar-refractivity contribution >= 4 is 11.6 Å². The van der Waals surface area contributed by atoms with Crippen LogP contribution in [0.2, 0.25) is 0 Å². The van der Waals surface area contributed by atoms with E-state index in [9.17, 15) is 9.50 Å². The predicted octanol–water partition coefficient (Wildman–Crippen LogP) is 3.92. The molecule has 6 heteroatoms. The number of halogens is 1. The molecule has 0 amide bonds. The molecular formula is C23H25FN4O. The fourth-order valence-electron chi connectivity index (χ4n) is 3.70. The van der Waals surface area contributed by atoms with Gasteiger partial charge in [-0.25, -0.2) is 14.4 Å². The minimum absolute atomic E-state index is 0.0138. The molecule has 5 nitrogen and oxygen atoms in total. The van der Waals surface area contributed by atoms with Crippen LogP contribution in [0.4, 0.5) is 16.0 Å². The van der Waals surface area contributed by atoms with Gasteiger partial charge >= 0.3 is 0 Å². The Labute approximate surface area is 170 Å². The van der Waals surface area contributed by atoms with Crippen LogP contribution in [0.25, 0.3) is 0 Å². The van der Waals surface area contributed by atoms with Crippen molar-refractivity contribution in [1.82, 2.24) is 9.97 Å². The Morgan fingerprint density at radius 3 is 2.38 bits per heavy atom. The van der Waals surface area contributed by atoms with Gasteiger partial charge in [-0.3, -0.25) is 0 Å². The van der Waals surface area contributed by atoms with E-state index >= 15 is 0 Å². The average molecular weight is 392 g/mol. The van der Waals surface area contributed by atoms with E-state index in [0.29, 0.717) is 13.1 Å². The van der Waals surface area contributed by atoms with Crippen molar-refractivity contribution in [3.8, 4) is 0 Å². The van der Waals surface area contributed by atoms with Crippen LogP contribution in [-0.2, 0) is 19.7 Å². The number of hydrogen-bond donors (Lipinski definition) is 1. The summed E-state index contributed by atoms with van der Waals surface area (Å²) < 4.78 is 13.5. The summed E-state index contributed by atoms with van der Waals surface area (Å²) >= 11 is 0. The van der Waals surface area contributed by atoms with Crippen LogP contribution < -0.4 is 9.80 Å². The first-order valence-corrected chi connectivity index (χ1v) is 9.98. The van der Waals surface area contributed by atoms with Gasteiger partial charge < -0.3 is 14.9 Å². The lowest BCUT2D eigenvalue weighted by atomic mass is 10.1. The molecule has 1 aromatic heterocycles. The Bertz CT molecular complexity index is 942. The molecule has 0 spiro atoms. The van der Waals surface area contributed by atoms with Gasteiger partial charge in [-0.15, -0.1) is 0 Å². The molecule has 2 heterocycles. The number of hydrogen-bond acceptors (Lipinski definition) is 5. The molecule has 0 aliphatic carbocycles. The molecule has 1 N–H and O–H groups in total. The zero-order valence-corrected chi connectivity index (χ0v) is 16.3. The zero-order chi connectivity index (χ0) is 20.1.